The predicted molar refractivity (Wildman–Crippen MR) is 278 cm³/mol. The number of hydrogen-bond acceptors (Lipinski definition) is 15. The highest BCUT2D eigenvalue weighted by atomic mass is 19.1. The lowest BCUT2D eigenvalue weighted by atomic mass is 9.95. The highest BCUT2D eigenvalue weighted by molar-refractivity contribution is 6.04. The summed E-state index contributed by atoms with van der Waals surface area (Å²) in [7, 11) is 3.30. The minimum absolute atomic E-state index is 0.0286. The van der Waals surface area contributed by atoms with Crippen LogP contribution >= 0.6 is 0 Å². The first-order chi connectivity index (χ1) is 35.9. The standard InChI is InChI=1S/C56H65F2N9O7/c1-5-8-44(53(71)59-34-69)63(3)30-38-25-39(11-9-37(38)31-68)66-18-13-35(14-19-66)29-64-20-22-65(23-21-64)32-56(15-16-56)33-74-55-61-51-48(52(62-55)67-17-7-24-73-46-28-45(46)67)54(72-4)60-50(49(51)58)42-27-40(70)26-36-10-12-43(57)41(6-2)47(36)42/h2,9-12,25-27,31,34-35,44-46,70H,5,7-8,13-24,28-30,32-33H2,1,3-4H3,(H,59,69,71). The maximum Gasteiger partial charge on any atom is 0.319 e. The van der Waals surface area contributed by atoms with Crippen LogP contribution < -0.4 is 24.6 Å². The van der Waals surface area contributed by atoms with Gasteiger partial charge in [-0.25, -0.2) is 13.8 Å². The molecule has 5 aromatic rings. The number of benzene rings is 3. The Balaban J connectivity index is 0.792. The summed E-state index contributed by atoms with van der Waals surface area (Å²) in [4.78, 5) is 61.6. The molecule has 3 aliphatic heterocycles. The van der Waals surface area contributed by atoms with Crippen molar-refractivity contribution in [3.8, 4) is 41.2 Å². The number of likely N-dealkylation sites (N-methyl/N-ethyl adjacent to an activating group) is 1. The van der Waals surface area contributed by atoms with Crippen LogP contribution in [-0.4, -0.2) is 158 Å². The number of fused-ring (bicyclic) bond motifs is 3. The summed E-state index contributed by atoms with van der Waals surface area (Å²) in [6.07, 6.45) is 14.1. The van der Waals surface area contributed by atoms with Crippen LogP contribution in [-0.2, 0) is 20.9 Å². The third-order valence-corrected chi connectivity index (χ3v) is 15.9. The van der Waals surface area contributed by atoms with E-state index in [0.717, 1.165) is 115 Å². The molecule has 2 aliphatic carbocycles. The molecule has 74 heavy (non-hydrogen) atoms. The number of phenolic OH excluding ortho intramolecular Hbond substituents is 1. The van der Waals surface area contributed by atoms with Crippen LogP contribution in [0, 0.1) is 35.3 Å². The molecule has 5 fully saturated rings. The number of phenols is 1. The highest BCUT2D eigenvalue weighted by Gasteiger charge is 2.47. The number of amides is 2. The average molecular weight is 1010 g/mol. The van der Waals surface area contributed by atoms with E-state index in [0.29, 0.717) is 61.8 Å². The quantitative estimate of drug-likeness (QED) is 0.0674. The van der Waals surface area contributed by atoms with E-state index in [-0.39, 0.29) is 74.2 Å². The number of piperidine rings is 1. The first-order valence-corrected chi connectivity index (χ1v) is 26.0. The zero-order valence-corrected chi connectivity index (χ0v) is 42.5. The number of hydrogen-bond donors (Lipinski definition) is 2. The van der Waals surface area contributed by atoms with Crippen molar-refractivity contribution in [3.05, 3.63) is 70.8 Å². The van der Waals surface area contributed by atoms with Crippen molar-refractivity contribution in [2.24, 2.45) is 11.3 Å². The molecule has 16 nitrogen and oxygen atoms in total. The second-order valence-electron chi connectivity index (χ2n) is 20.9. The van der Waals surface area contributed by atoms with Crippen molar-refractivity contribution in [2.45, 2.75) is 83.0 Å². The van der Waals surface area contributed by atoms with E-state index in [1.165, 1.54) is 31.4 Å². The van der Waals surface area contributed by atoms with Gasteiger partial charge in [-0.15, -0.1) is 6.42 Å². The zero-order valence-electron chi connectivity index (χ0n) is 42.5. The van der Waals surface area contributed by atoms with E-state index in [1.54, 1.807) is 0 Å². The molecular formula is C56H65F2N9O7. The lowest BCUT2D eigenvalue weighted by Gasteiger charge is -2.40. The number of terminal acetylenes is 1. The Morgan fingerprint density at radius 2 is 1.81 bits per heavy atom. The number of nitrogens with zero attached hydrogens (tertiary/aromatic N) is 8. The Kier molecular flexibility index (Phi) is 15.0. The second kappa shape index (κ2) is 21.7. The number of piperazine rings is 1. The third kappa shape index (κ3) is 10.6. The van der Waals surface area contributed by atoms with Gasteiger partial charge in [-0.1, -0.05) is 25.3 Å². The van der Waals surface area contributed by atoms with Gasteiger partial charge in [0.1, 0.15) is 40.3 Å². The van der Waals surface area contributed by atoms with Gasteiger partial charge in [-0.2, -0.15) is 9.97 Å². The number of rotatable bonds is 19. The maximum atomic E-state index is 17.4. The third-order valence-electron chi connectivity index (χ3n) is 15.9. The van der Waals surface area contributed by atoms with Crippen LogP contribution in [0.3, 0.4) is 0 Å². The molecule has 3 unspecified atom stereocenters. The average Bonchev–Trinajstić information content (AvgIpc) is 4.35. The van der Waals surface area contributed by atoms with Gasteiger partial charge in [0.25, 0.3) is 0 Å². The number of halogens is 2. The van der Waals surface area contributed by atoms with E-state index in [9.17, 15) is 19.5 Å². The minimum atomic E-state index is -0.807. The van der Waals surface area contributed by atoms with Gasteiger partial charge in [0.15, 0.2) is 5.82 Å². The number of aromatic hydroxyl groups is 1. The largest absolute Gasteiger partial charge is 0.508 e. The Morgan fingerprint density at radius 1 is 1.03 bits per heavy atom. The van der Waals surface area contributed by atoms with Crippen molar-refractivity contribution in [2.75, 3.05) is 96.1 Å². The van der Waals surface area contributed by atoms with Crippen LogP contribution in [0.15, 0.2) is 42.5 Å². The summed E-state index contributed by atoms with van der Waals surface area (Å²) in [5.41, 5.74) is 2.17. The molecule has 3 aromatic carbocycles. The lowest BCUT2D eigenvalue weighted by Crippen LogP contribution is -2.50. The molecule has 2 N–H and O–H groups in total. The molecule has 2 amide bonds. The number of methoxy groups -OCH3 is 1. The normalized spacial score (nSPS) is 20.4. The molecule has 2 saturated carbocycles. The van der Waals surface area contributed by atoms with E-state index < -0.39 is 17.7 Å². The molecule has 3 atom stereocenters. The van der Waals surface area contributed by atoms with Crippen molar-refractivity contribution in [1.29, 1.82) is 0 Å². The molecule has 0 radical (unpaired) electrons. The van der Waals surface area contributed by atoms with Gasteiger partial charge in [0.2, 0.25) is 18.2 Å². The predicted octanol–water partition coefficient (Wildman–Crippen LogP) is 6.57. The maximum absolute atomic E-state index is 17.4. The van der Waals surface area contributed by atoms with E-state index in [2.05, 4.69) is 41.9 Å². The van der Waals surface area contributed by atoms with Crippen LogP contribution in [0.2, 0.25) is 0 Å². The van der Waals surface area contributed by atoms with Gasteiger partial charge in [-0.3, -0.25) is 24.6 Å². The smallest absolute Gasteiger partial charge is 0.319 e. The summed E-state index contributed by atoms with van der Waals surface area (Å²) in [6, 6.07) is 11.0. The highest BCUT2D eigenvalue weighted by Crippen LogP contribution is 2.48. The van der Waals surface area contributed by atoms with Gasteiger partial charge in [0, 0.05) is 99.7 Å². The number of aldehydes is 1. The number of imide groups is 1. The second-order valence-corrected chi connectivity index (χ2v) is 20.9. The van der Waals surface area contributed by atoms with E-state index >= 15 is 8.78 Å². The molecule has 0 spiro atoms. The van der Waals surface area contributed by atoms with Crippen LogP contribution in [0.1, 0.15) is 79.8 Å². The molecular weight excluding hydrogens is 949 g/mol. The fraction of sp³-hybridized carbons (Fsp3) is 0.500. The monoisotopic (exact) mass is 1010 g/mol. The number of carbonyl (C=O) groups excluding carboxylic acids is 3. The number of aromatic nitrogens is 3. The molecule has 5 aliphatic rings. The van der Waals surface area contributed by atoms with Gasteiger partial charge >= 0.3 is 6.01 Å². The Hall–Kier alpha value is -6.52. The topological polar surface area (TPSA) is 166 Å². The summed E-state index contributed by atoms with van der Waals surface area (Å²) < 4.78 is 51.0. The molecule has 0 bridgehead atoms. The van der Waals surface area contributed by atoms with Crippen molar-refractivity contribution >= 4 is 51.8 Å². The molecule has 18 heteroatoms. The summed E-state index contributed by atoms with van der Waals surface area (Å²) in [5, 5.41) is 14.0. The molecule has 2 aromatic heterocycles. The Bertz CT molecular complexity index is 2970. The molecule has 5 heterocycles. The molecule has 390 valence electrons. The fourth-order valence-electron chi connectivity index (χ4n) is 11.5. The Morgan fingerprint density at radius 3 is 2.53 bits per heavy atom. The molecule has 3 saturated heterocycles. The summed E-state index contributed by atoms with van der Waals surface area (Å²) in [6.45, 7) is 11.6. The van der Waals surface area contributed by atoms with Crippen LogP contribution in [0.4, 0.5) is 20.3 Å². The van der Waals surface area contributed by atoms with E-state index in [4.69, 9.17) is 30.6 Å². The number of anilines is 2. The number of carbonyl (C=O) groups is 3. The van der Waals surface area contributed by atoms with Crippen LogP contribution in [0.5, 0.6) is 17.6 Å². The van der Waals surface area contributed by atoms with Crippen molar-refractivity contribution < 1.29 is 42.5 Å². The number of ether oxygens (including phenoxy) is 3. The van der Waals surface area contributed by atoms with Crippen molar-refractivity contribution in [3.63, 3.8) is 0 Å². The van der Waals surface area contributed by atoms with Gasteiger partial charge in [0.05, 0.1) is 37.5 Å². The van der Waals surface area contributed by atoms with Crippen molar-refractivity contribution in [1.82, 2.24) is 35.0 Å². The van der Waals surface area contributed by atoms with Crippen LogP contribution in [0.25, 0.3) is 32.9 Å². The summed E-state index contributed by atoms with van der Waals surface area (Å²) >= 11 is 0. The summed E-state index contributed by atoms with van der Waals surface area (Å²) in [5.74, 6) is 1.52. The SMILES string of the molecule is C#Cc1c(F)ccc2cc(O)cc(-c3nc(OC)c4c(N5CCCOC6CC65)nc(OCC5(CN6CCN(CC7CCN(c8ccc(C=O)c(CN(C)C(CCC)C(=O)NC=O)c8)CC7)CC6)CC5)nc4c3F)c12. The van der Waals surface area contributed by atoms with Gasteiger partial charge < -0.3 is 38.9 Å². The number of nitrogens with one attached hydrogen (secondary N) is 1. The first kappa shape index (κ1) is 51.0. The molecule has 10 rings (SSSR count). The Labute approximate surface area is 430 Å². The number of pyridine rings is 1. The minimum Gasteiger partial charge on any atom is -0.508 e. The van der Waals surface area contributed by atoms with Gasteiger partial charge in [-0.05, 0) is 105 Å². The van der Waals surface area contributed by atoms with E-state index in [1.807, 2.05) is 31.0 Å². The first-order valence-electron chi connectivity index (χ1n) is 26.0. The zero-order chi connectivity index (χ0) is 51.7. The lowest BCUT2D eigenvalue weighted by molar-refractivity contribution is -0.129. The fourth-order valence-corrected chi connectivity index (χ4v) is 11.5.